The molecule has 0 unspecified atom stereocenters. The number of anilines is 2. The van der Waals surface area contributed by atoms with Crippen LogP contribution in [0.15, 0.2) is 46.7 Å². The van der Waals surface area contributed by atoms with Crippen LogP contribution in [-0.4, -0.2) is 37.6 Å². The van der Waals surface area contributed by atoms with Gasteiger partial charge in [-0.1, -0.05) is 23.5 Å². The zero-order valence-corrected chi connectivity index (χ0v) is 22.8. The molecule has 0 saturated carbocycles. The molecule has 1 aliphatic rings. The second-order valence-electron chi connectivity index (χ2n) is 9.44. The van der Waals surface area contributed by atoms with E-state index >= 15 is 0 Å². The molecule has 3 N–H and O–H groups in total. The molecule has 0 spiro atoms. The van der Waals surface area contributed by atoms with Crippen molar-refractivity contribution in [1.29, 1.82) is 0 Å². The SMILES string of the molecule is Cc1nc(N2CCCN(c3ccc(-c4cc(F)cc5cc(C(C)(C)O)sc45)cc3)C2=O)sc1S(N)(=O)=O. The highest BCUT2D eigenvalue weighted by Gasteiger charge is 2.31. The van der Waals surface area contributed by atoms with Gasteiger partial charge in [0.05, 0.1) is 11.3 Å². The first-order valence-electron chi connectivity index (χ1n) is 11.5. The number of aliphatic hydroxyl groups is 1. The fourth-order valence-electron chi connectivity index (χ4n) is 4.34. The number of nitrogens with zero attached hydrogens (tertiary/aromatic N) is 3. The number of nitrogens with two attached hydrogens (primary N) is 1. The third-order valence-corrected chi connectivity index (χ3v) is 10.4. The Labute approximate surface area is 221 Å². The van der Waals surface area contributed by atoms with E-state index in [1.165, 1.54) is 28.4 Å². The number of aryl methyl sites for hydroxylation is 1. The molecule has 8 nitrogen and oxygen atoms in total. The Bertz CT molecular complexity index is 1620. The van der Waals surface area contributed by atoms with E-state index in [0.717, 1.165) is 31.9 Å². The summed E-state index contributed by atoms with van der Waals surface area (Å²) in [6.45, 7) is 5.85. The van der Waals surface area contributed by atoms with Gasteiger partial charge in [0.2, 0.25) is 10.0 Å². The van der Waals surface area contributed by atoms with Crippen LogP contribution in [0.25, 0.3) is 21.2 Å². The third kappa shape index (κ3) is 4.87. The summed E-state index contributed by atoms with van der Waals surface area (Å²) in [5.74, 6) is -0.369. The van der Waals surface area contributed by atoms with Crippen LogP contribution in [0.1, 0.15) is 30.8 Å². The van der Waals surface area contributed by atoms with Gasteiger partial charge < -0.3 is 5.11 Å². The molecule has 0 aliphatic carbocycles. The summed E-state index contributed by atoms with van der Waals surface area (Å²) in [5.41, 5.74) is 1.38. The standard InChI is InChI=1S/C25H25FN4O4S3/c1-14-22(37(27,33)34)36-23(28-14)30-10-4-9-29(24(30)31)18-7-5-15(6-8-18)19-13-17(26)11-16-12-20(25(2,3)32)35-21(16)19/h5-8,11-13,32H,4,9-10H2,1-3H3,(H2,27,33,34). The molecule has 0 radical (unpaired) electrons. The maximum absolute atomic E-state index is 14.5. The first kappa shape index (κ1) is 25.7. The zero-order valence-electron chi connectivity index (χ0n) is 20.4. The van der Waals surface area contributed by atoms with E-state index < -0.39 is 15.6 Å². The number of thiazole rings is 1. The topological polar surface area (TPSA) is 117 Å². The van der Waals surface area contributed by atoms with E-state index in [9.17, 15) is 22.7 Å². The molecule has 0 atom stereocenters. The number of thiophene rings is 1. The minimum Gasteiger partial charge on any atom is -0.385 e. The molecule has 5 rings (SSSR count). The molecule has 194 valence electrons. The largest absolute Gasteiger partial charge is 0.385 e. The summed E-state index contributed by atoms with van der Waals surface area (Å²) < 4.78 is 38.9. The molecule has 2 amide bonds. The van der Waals surface area contributed by atoms with Crippen molar-refractivity contribution in [2.45, 2.75) is 37.0 Å². The van der Waals surface area contributed by atoms with Crippen LogP contribution in [0, 0.1) is 12.7 Å². The smallest absolute Gasteiger partial charge is 0.330 e. The van der Waals surface area contributed by atoms with Crippen molar-refractivity contribution in [3.63, 3.8) is 0 Å². The van der Waals surface area contributed by atoms with Gasteiger partial charge in [-0.3, -0.25) is 9.80 Å². The van der Waals surface area contributed by atoms with Gasteiger partial charge in [0.15, 0.2) is 9.34 Å². The number of carbonyl (C=O) groups excluding carboxylic acids is 1. The molecule has 4 aromatic rings. The Morgan fingerprint density at radius 3 is 2.38 bits per heavy atom. The normalized spacial score (nSPS) is 15.1. The van der Waals surface area contributed by atoms with Gasteiger partial charge >= 0.3 is 6.03 Å². The quantitative estimate of drug-likeness (QED) is 0.349. The van der Waals surface area contributed by atoms with Crippen molar-refractivity contribution >= 4 is 59.6 Å². The summed E-state index contributed by atoms with van der Waals surface area (Å²) in [7, 11) is -3.93. The van der Waals surface area contributed by atoms with Crippen molar-refractivity contribution < 1.29 is 22.7 Å². The highest BCUT2D eigenvalue weighted by molar-refractivity contribution is 7.91. The first-order valence-corrected chi connectivity index (χ1v) is 14.7. The average molecular weight is 561 g/mol. The van der Waals surface area contributed by atoms with E-state index in [4.69, 9.17) is 5.14 Å². The van der Waals surface area contributed by atoms with Gasteiger partial charge in [-0.05, 0) is 68.5 Å². The molecule has 0 bridgehead atoms. The van der Waals surface area contributed by atoms with Gasteiger partial charge in [-0.2, -0.15) is 0 Å². The van der Waals surface area contributed by atoms with Gasteiger partial charge in [-0.25, -0.2) is 27.7 Å². The lowest BCUT2D eigenvalue weighted by molar-refractivity contribution is 0.0826. The fourth-order valence-corrected chi connectivity index (χ4v) is 7.49. The van der Waals surface area contributed by atoms with Crippen LogP contribution in [-0.2, 0) is 15.6 Å². The molecular weight excluding hydrogens is 535 g/mol. The van der Waals surface area contributed by atoms with Gasteiger partial charge in [0.25, 0.3) is 0 Å². The van der Waals surface area contributed by atoms with E-state index in [0.29, 0.717) is 30.8 Å². The summed E-state index contributed by atoms with van der Waals surface area (Å²) in [5, 5.41) is 16.7. The van der Waals surface area contributed by atoms with Crippen LogP contribution in [0.5, 0.6) is 0 Å². The van der Waals surface area contributed by atoms with Crippen molar-refractivity contribution in [2.24, 2.45) is 5.14 Å². The van der Waals surface area contributed by atoms with E-state index in [-0.39, 0.29) is 26.9 Å². The second kappa shape index (κ2) is 9.14. The highest BCUT2D eigenvalue weighted by atomic mass is 32.2. The molecular formula is C25H25FN4O4S3. The molecule has 2 aromatic heterocycles. The third-order valence-electron chi connectivity index (χ3n) is 6.13. The number of carbonyl (C=O) groups is 1. The summed E-state index contributed by atoms with van der Waals surface area (Å²) >= 11 is 2.31. The fraction of sp³-hybridized carbons (Fsp3) is 0.280. The van der Waals surface area contributed by atoms with Crippen LogP contribution in [0.2, 0.25) is 0 Å². The van der Waals surface area contributed by atoms with Crippen LogP contribution >= 0.6 is 22.7 Å². The van der Waals surface area contributed by atoms with Gasteiger partial charge in [0, 0.05) is 33.9 Å². The average Bonchev–Trinajstić information content (AvgIpc) is 3.42. The molecule has 2 aromatic carbocycles. The maximum atomic E-state index is 14.5. The minimum atomic E-state index is -3.93. The summed E-state index contributed by atoms with van der Waals surface area (Å²) in [6, 6.07) is 11.7. The molecule has 1 fully saturated rings. The molecule has 1 saturated heterocycles. The molecule has 37 heavy (non-hydrogen) atoms. The minimum absolute atomic E-state index is 0.0560. The predicted octanol–water partition coefficient (Wildman–Crippen LogP) is 5.18. The Hall–Kier alpha value is -2.90. The number of halogens is 1. The van der Waals surface area contributed by atoms with Crippen molar-refractivity contribution in [1.82, 2.24) is 4.98 Å². The first-order chi connectivity index (χ1) is 17.3. The van der Waals surface area contributed by atoms with Crippen LogP contribution in [0.3, 0.4) is 0 Å². The zero-order chi connectivity index (χ0) is 26.7. The molecule has 1 aliphatic heterocycles. The number of rotatable bonds is 5. The number of aromatic nitrogens is 1. The van der Waals surface area contributed by atoms with E-state index in [1.54, 1.807) is 37.8 Å². The Morgan fingerprint density at radius 2 is 1.76 bits per heavy atom. The van der Waals surface area contributed by atoms with Crippen LogP contribution < -0.4 is 14.9 Å². The number of hydrogen-bond donors (Lipinski definition) is 2. The lowest BCUT2D eigenvalue weighted by Crippen LogP contribution is -2.49. The Kier molecular flexibility index (Phi) is 6.35. The second-order valence-corrected chi connectivity index (χ2v) is 13.2. The van der Waals surface area contributed by atoms with E-state index in [2.05, 4.69) is 4.98 Å². The van der Waals surface area contributed by atoms with Crippen molar-refractivity contribution in [3.05, 3.63) is 58.9 Å². The molecule has 3 heterocycles. The number of sulfonamides is 1. The number of primary sulfonamides is 1. The summed E-state index contributed by atoms with van der Waals surface area (Å²) in [6.07, 6.45) is 0.663. The number of fused-ring (bicyclic) bond motifs is 1. The predicted molar refractivity (Wildman–Crippen MR) is 145 cm³/mol. The maximum Gasteiger partial charge on any atom is 0.330 e. The number of urea groups is 1. The molecule has 12 heteroatoms. The van der Waals surface area contributed by atoms with Gasteiger partial charge in [-0.15, -0.1) is 11.3 Å². The van der Waals surface area contributed by atoms with Gasteiger partial charge in [0.1, 0.15) is 5.82 Å². The van der Waals surface area contributed by atoms with Crippen molar-refractivity contribution in [2.75, 3.05) is 22.9 Å². The lowest BCUT2D eigenvalue weighted by atomic mass is 10.0. The number of amides is 2. The van der Waals surface area contributed by atoms with Crippen molar-refractivity contribution in [3.8, 4) is 11.1 Å². The Morgan fingerprint density at radius 1 is 1.08 bits per heavy atom. The number of hydrogen-bond acceptors (Lipinski definition) is 7. The van der Waals surface area contributed by atoms with E-state index in [1.807, 2.05) is 18.2 Å². The summed E-state index contributed by atoms with van der Waals surface area (Å²) in [4.78, 5) is 21.4. The highest BCUT2D eigenvalue weighted by Crippen LogP contribution is 2.40. The Balaban J connectivity index is 1.45. The lowest BCUT2D eigenvalue weighted by Gasteiger charge is -2.34. The van der Waals surface area contributed by atoms with Crippen LogP contribution in [0.4, 0.5) is 20.0 Å². The number of benzene rings is 2. The monoisotopic (exact) mass is 560 g/mol.